The van der Waals surface area contributed by atoms with Gasteiger partial charge in [0.2, 0.25) is 0 Å². The van der Waals surface area contributed by atoms with Gasteiger partial charge in [0.15, 0.2) is 0 Å². The van der Waals surface area contributed by atoms with E-state index in [0.29, 0.717) is 6.54 Å². The van der Waals surface area contributed by atoms with Crippen molar-refractivity contribution in [3.8, 4) is 0 Å². The second-order valence-electron chi connectivity index (χ2n) is 3.60. The fraction of sp³-hybridized carbons (Fsp3) is 0.500. The molecule has 0 bridgehead atoms. The van der Waals surface area contributed by atoms with Gasteiger partial charge in [0, 0.05) is 6.54 Å². The SMILES string of the molecule is CCCCCCN(N=O)c1ccccc1. The first-order valence-electron chi connectivity index (χ1n) is 5.54. The third kappa shape index (κ3) is 4.11. The Morgan fingerprint density at radius 2 is 1.87 bits per heavy atom. The van der Waals surface area contributed by atoms with Crippen molar-refractivity contribution in [2.75, 3.05) is 11.6 Å². The Kier molecular flexibility index (Phi) is 5.44. The number of unbranched alkanes of at least 4 members (excludes halogenated alkanes) is 3. The van der Waals surface area contributed by atoms with Gasteiger partial charge in [-0.3, -0.25) is 0 Å². The molecule has 82 valence electrons. The van der Waals surface area contributed by atoms with E-state index in [0.717, 1.165) is 18.5 Å². The molecule has 1 aromatic carbocycles. The minimum atomic E-state index is 0.716. The zero-order valence-corrected chi connectivity index (χ0v) is 9.22. The average Bonchev–Trinajstić information content (AvgIpc) is 2.30. The van der Waals surface area contributed by atoms with Crippen LogP contribution >= 0.6 is 0 Å². The largest absolute Gasteiger partial charge is 0.229 e. The fourth-order valence-corrected chi connectivity index (χ4v) is 1.51. The number of benzene rings is 1. The molecule has 0 N–H and O–H groups in total. The summed E-state index contributed by atoms with van der Waals surface area (Å²) in [6.07, 6.45) is 4.62. The van der Waals surface area contributed by atoms with Crippen molar-refractivity contribution in [1.82, 2.24) is 0 Å². The van der Waals surface area contributed by atoms with Crippen LogP contribution in [0.5, 0.6) is 0 Å². The summed E-state index contributed by atoms with van der Waals surface area (Å²) in [5, 5.41) is 4.56. The highest BCUT2D eigenvalue weighted by atomic mass is 16.3. The highest BCUT2D eigenvalue weighted by molar-refractivity contribution is 5.44. The molecule has 0 saturated heterocycles. The first-order valence-corrected chi connectivity index (χ1v) is 5.54. The van der Waals surface area contributed by atoms with E-state index in [-0.39, 0.29) is 0 Å². The van der Waals surface area contributed by atoms with E-state index in [1.165, 1.54) is 17.9 Å². The Bertz CT molecular complexity index is 274. The number of para-hydroxylation sites is 1. The minimum absolute atomic E-state index is 0.716. The standard InChI is InChI=1S/C12H18N2O/c1-2-3-4-8-11-14(13-15)12-9-6-5-7-10-12/h5-7,9-10H,2-4,8,11H2,1H3. The molecule has 0 atom stereocenters. The van der Waals surface area contributed by atoms with Crippen molar-refractivity contribution < 1.29 is 0 Å². The van der Waals surface area contributed by atoms with Crippen LogP contribution in [0.2, 0.25) is 0 Å². The van der Waals surface area contributed by atoms with Crippen molar-refractivity contribution in [3.63, 3.8) is 0 Å². The monoisotopic (exact) mass is 206 g/mol. The molecule has 0 fully saturated rings. The maximum absolute atomic E-state index is 10.6. The van der Waals surface area contributed by atoms with Crippen molar-refractivity contribution >= 4 is 5.69 Å². The first-order chi connectivity index (χ1) is 7.38. The fourth-order valence-electron chi connectivity index (χ4n) is 1.51. The third-order valence-corrected chi connectivity index (χ3v) is 2.38. The summed E-state index contributed by atoms with van der Waals surface area (Å²) >= 11 is 0. The van der Waals surface area contributed by atoms with Gasteiger partial charge in [-0.25, -0.2) is 5.01 Å². The second kappa shape index (κ2) is 6.98. The van der Waals surface area contributed by atoms with Crippen molar-refractivity contribution in [1.29, 1.82) is 0 Å². The van der Waals surface area contributed by atoms with Crippen LogP contribution in [0.3, 0.4) is 0 Å². The summed E-state index contributed by atoms with van der Waals surface area (Å²) in [6, 6.07) is 9.57. The highest BCUT2D eigenvalue weighted by Crippen LogP contribution is 2.14. The Morgan fingerprint density at radius 3 is 2.47 bits per heavy atom. The minimum Gasteiger partial charge on any atom is -0.229 e. The number of rotatable bonds is 7. The molecule has 1 rings (SSSR count). The van der Waals surface area contributed by atoms with Crippen molar-refractivity contribution in [2.45, 2.75) is 32.6 Å². The molecule has 1 aromatic rings. The molecule has 0 aromatic heterocycles. The summed E-state index contributed by atoms with van der Waals surface area (Å²) in [7, 11) is 0. The molecule has 0 aliphatic heterocycles. The Morgan fingerprint density at radius 1 is 1.13 bits per heavy atom. The van der Waals surface area contributed by atoms with E-state index < -0.39 is 0 Å². The van der Waals surface area contributed by atoms with E-state index in [2.05, 4.69) is 12.2 Å². The quantitative estimate of drug-likeness (QED) is 0.386. The average molecular weight is 206 g/mol. The van der Waals surface area contributed by atoms with Gasteiger partial charge in [-0.1, -0.05) is 44.4 Å². The summed E-state index contributed by atoms with van der Waals surface area (Å²) in [5.41, 5.74) is 0.879. The maximum Gasteiger partial charge on any atom is 0.0626 e. The summed E-state index contributed by atoms with van der Waals surface area (Å²) in [5.74, 6) is 0. The smallest absolute Gasteiger partial charge is 0.0626 e. The number of nitrogens with zero attached hydrogens (tertiary/aromatic N) is 2. The van der Waals surface area contributed by atoms with E-state index in [1.54, 1.807) is 0 Å². The van der Waals surface area contributed by atoms with Gasteiger partial charge in [-0.15, -0.1) is 4.91 Å². The van der Waals surface area contributed by atoms with Gasteiger partial charge >= 0.3 is 0 Å². The number of nitroso groups, excluding NO2 is 1. The molecule has 0 spiro atoms. The molecule has 0 aliphatic carbocycles. The normalized spacial score (nSPS) is 9.93. The lowest BCUT2D eigenvalue weighted by Crippen LogP contribution is -2.16. The van der Waals surface area contributed by atoms with Crippen LogP contribution in [0.25, 0.3) is 0 Å². The molecular weight excluding hydrogens is 188 g/mol. The summed E-state index contributed by atoms with van der Waals surface area (Å²) in [6.45, 7) is 2.89. The van der Waals surface area contributed by atoms with Gasteiger partial charge in [0.05, 0.1) is 11.0 Å². The molecule has 0 heterocycles. The Labute approximate surface area is 91.0 Å². The number of anilines is 1. The Hall–Kier alpha value is -1.38. The number of hydrogen-bond donors (Lipinski definition) is 0. The van der Waals surface area contributed by atoms with Crippen LogP contribution in [0.15, 0.2) is 35.6 Å². The summed E-state index contributed by atoms with van der Waals surface area (Å²) < 4.78 is 0. The van der Waals surface area contributed by atoms with Gasteiger partial charge in [-0.05, 0) is 18.6 Å². The van der Waals surface area contributed by atoms with Crippen LogP contribution in [-0.4, -0.2) is 6.54 Å². The van der Waals surface area contributed by atoms with E-state index >= 15 is 0 Å². The molecule has 0 unspecified atom stereocenters. The van der Waals surface area contributed by atoms with Gasteiger partial charge < -0.3 is 0 Å². The topological polar surface area (TPSA) is 32.7 Å². The number of hydrogen-bond acceptors (Lipinski definition) is 2. The lowest BCUT2D eigenvalue weighted by Gasteiger charge is -2.14. The van der Waals surface area contributed by atoms with Crippen molar-refractivity contribution in [3.05, 3.63) is 35.2 Å². The van der Waals surface area contributed by atoms with Crippen LogP contribution in [0.1, 0.15) is 32.6 Å². The zero-order valence-electron chi connectivity index (χ0n) is 9.22. The second-order valence-corrected chi connectivity index (χ2v) is 3.60. The molecule has 0 radical (unpaired) electrons. The van der Waals surface area contributed by atoms with Crippen LogP contribution in [0.4, 0.5) is 5.69 Å². The van der Waals surface area contributed by atoms with E-state index in [9.17, 15) is 4.91 Å². The van der Waals surface area contributed by atoms with Crippen LogP contribution < -0.4 is 5.01 Å². The van der Waals surface area contributed by atoms with Gasteiger partial charge in [-0.2, -0.15) is 0 Å². The molecule has 3 heteroatoms. The third-order valence-electron chi connectivity index (χ3n) is 2.38. The van der Waals surface area contributed by atoms with Crippen LogP contribution in [-0.2, 0) is 0 Å². The summed E-state index contributed by atoms with van der Waals surface area (Å²) in [4.78, 5) is 10.6. The Balaban J connectivity index is 2.39. The predicted molar refractivity (Wildman–Crippen MR) is 63.7 cm³/mol. The predicted octanol–water partition coefficient (Wildman–Crippen LogP) is 3.75. The first kappa shape index (κ1) is 11.7. The van der Waals surface area contributed by atoms with Crippen molar-refractivity contribution in [2.24, 2.45) is 5.29 Å². The molecule has 0 amide bonds. The highest BCUT2D eigenvalue weighted by Gasteiger charge is 2.04. The molecular formula is C12H18N2O. The lowest BCUT2D eigenvalue weighted by atomic mass is 10.2. The molecule has 3 nitrogen and oxygen atoms in total. The molecule has 0 saturated carbocycles. The zero-order chi connectivity index (χ0) is 10.9. The van der Waals surface area contributed by atoms with E-state index in [4.69, 9.17) is 0 Å². The maximum atomic E-state index is 10.6. The van der Waals surface area contributed by atoms with Gasteiger partial charge in [0.1, 0.15) is 0 Å². The molecule has 15 heavy (non-hydrogen) atoms. The van der Waals surface area contributed by atoms with Crippen LogP contribution in [0, 0.1) is 4.91 Å². The van der Waals surface area contributed by atoms with Gasteiger partial charge in [0.25, 0.3) is 0 Å². The lowest BCUT2D eigenvalue weighted by molar-refractivity contribution is 0.650. The molecule has 0 aliphatic rings. The van der Waals surface area contributed by atoms with E-state index in [1.807, 2.05) is 30.3 Å².